The zero-order chi connectivity index (χ0) is 10.7. The van der Waals surface area contributed by atoms with Gasteiger partial charge in [-0.25, -0.2) is 4.79 Å². The Balaban J connectivity index is 2.19. The average molecular weight is 204 g/mol. The normalized spacial score (nSPS) is 17.6. The first-order valence-electron chi connectivity index (χ1n) is 5.60. The second kappa shape index (κ2) is 4.47. The van der Waals surface area contributed by atoms with Crippen molar-refractivity contribution in [3.05, 3.63) is 35.4 Å². The minimum absolute atomic E-state index is 0.415. The third kappa shape index (κ3) is 2.38. The van der Waals surface area contributed by atoms with Crippen molar-refractivity contribution in [2.24, 2.45) is 0 Å². The molecule has 2 heteroatoms. The molecule has 0 atom stereocenters. The molecule has 0 aliphatic heterocycles. The number of carboxylic acids is 1. The molecule has 1 fully saturated rings. The molecule has 15 heavy (non-hydrogen) atoms. The molecule has 0 heterocycles. The van der Waals surface area contributed by atoms with E-state index in [0.29, 0.717) is 11.5 Å². The Bertz CT molecular complexity index is 351. The number of rotatable bonds is 2. The largest absolute Gasteiger partial charge is 0.478 e. The summed E-state index contributed by atoms with van der Waals surface area (Å²) in [7, 11) is 0. The molecule has 1 aromatic rings. The number of carbonyl (C=O) groups is 1. The average Bonchev–Trinajstić information content (AvgIpc) is 2.30. The first-order valence-corrected chi connectivity index (χ1v) is 5.60. The van der Waals surface area contributed by atoms with Gasteiger partial charge in [0.15, 0.2) is 0 Å². The summed E-state index contributed by atoms with van der Waals surface area (Å²) in [6, 6.07) is 7.41. The number of benzene rings is 1. The lowest BCUT2D eigenvalue weighted by molar-refractivity contribution is 0.0696. The quantitative estimate of drug-likeness (QED) is 0.801. The van der Waals surface area contributed by atoms with Gasteiger partial charge in [-0.2, -0.15) is 0 Å². The van der Waals surface area contributed by atoms with Crippen LogP contribution in [0.25, 0.3) is 0 Å². The van der Waals surface area contributed by atoms with Crippen LogP contribution in [0.4, 0.5) is 0 Å². The molecule has 1 aromatic carbocycles. The van der Waals surface area contributed by atoms with Crippen molar-refractivity contribution < 1.29 is 9.90 Å². The van der Waals surface area contributed by atoms with Crippen LogP contribution in [0.1, 0.15) is 53.9 Å². The molecule has 1 aliphatic rings. The van der Waals surface area contributed by atoms with E-state index in [-0.39, 0.29) is 0 Å². The summed E-state index contributed by atoms with van der Waals surface area (Å²) < 4.78 is 0. The van der Waals surface area contributed by atoms with Gasteiger partial charge in [0, 0.05) is 0 Å². The fraction of sp³-hybridized carbons (Fsp3) is 0.462. The first kappa shape index (κ1) is 10.2. The van der Waals surface area contributed by atoms with E-state index in [1.165, 1.54) is 37.7 Å². The summed E-state index contributed by atoms with van der Waals surface area (Å²) in [5.74, 6) is -0.245. The minimum atomic E-state index is -0.826. The molecule has 0 aromatic heterocycles. The molecular formula is C13H16O2. The molecule has 0 unspecified atom stereocenters. The number of aromatic carboxylic acids is 1. The fourth-order valence-corrected chi connectivity index (χ4v) is 2.36. The van der Waals surface area contributed by atoms with Gasteiger partial charge in [-0.1, -0.05) is 31.4 Å². The topological polar surface area (TPSA) is 37.3 Å². The number of carboxylic acid groups (broad SMARTS) is 1. The van der Waals surface area contributed by atoms with E-state index in [0.717, 1.165) is 0 Å². The molecule has 1 aliphatic carbocycles. The van der Waals surface area contributed by atoms with Crippen molar-refractivity contribution in [2.45, 2.75) is 38.0 Å². The van der Waals surface area contributed by atoms with Gasteiger partial charge in [0.05, 0.1) is 5.56 Å². The van der Waals surface area contributed by atoms with Gasteiger partial charge < -0.3 is 5.11 Å². The SMILES string of the molecule is O=C(O)c1cccc(C2CCCCC2)c1. The Labute approximate surface area is 89.9 Å². The van der Waals surface area contributed by atoms with Crippen molar-refractivity contribution in [2.75, 3.05) is 0 Å². The maximum absolute atomic E-state index is 10.8. The predicted molar refractivity (Wildman–Crippen MR) is 59.2 cm³/mol. The standard InChI is InChI=1S/C13H16O2/c14-13(15)12-8-4-7-11(9-12)10-5-2-1-3-6-10/h4,7-10H,1-3,5-6H2,(H,14,15). The molecule has 0 saturated heterocycles. The van der Waals surface area contributed by atoms with Crippen LogP contribution in [0.3, 0.4) is 0 Å². The molecule has 0 amide bonds. The summed E-state index contributed by atoms with van der Waals surface area (Å²) in [5.41, 5.74) is 1.62. The van der Waals surface area contributed by atoms with Crippen LogP contribution < -0.4 is 0 Å². The van der Waals surface area contributed by atoms with Crippen LogP contribution in [0.5, 0.6) is 0 Å². The molecule has 2 nitrogen and oxygen atoms in total. The Hall–Kier alpha value is -1.31. The van der Waals surface area contributed by atoms with Gasteiger partial charge in [-0.15, -0.1) is 0 Å². The maximum atomic E-state index is 10.8. The zero-order valence-corrected chi connectivity index (χ0v) is 8.78. The highest BCUT2D eigenvalue weighted by Gasteiger charge is 2.16. The molecule has 80 valence electrons. The van der Waals surface area contributed by atoms with Crippen LogP contribution in [0, 0.1) is 0 Å². The van der Waals surface area contributed by atoms with Crippen LogP contribution in [0.15, 0.2) is 24.3 Å². The molecular weight excluding hydrogens is 188 g/mol. The van der Waals surface area contributed by atoms with E-state index in [9.17, 15) is 4.79 Å². The van der Waals surface area contributed by atoms with Crippen molar-refractivity contribution in [3.63, 3.8) is 0 Å². The summed E-state index contributed by atoms with van der Waals surface area (Å²) in [6.07, 6.45) is 6.31. The van der Waals surface area contributed by atoms with Crippen molar-refractivity contribution in [3.8, 4) is 0 Å². The maximum Gasteiger partial charge on any atom is 0.335 e. The zero-order valence-electron chi connectivity index (χ0n) is 8.78. The minimum Gasteiger partial charge on any atom is -0.478 e. The monoisotopic (exact) mass is 204 g/mol. The predicted octanol–water partition coefficient (Wildman–Crippen LogP) is 3.43. The van der Waals surface area contributed by atoms with Gasteiger partial charge in [0.1, 0.15) is 0 Å². The molecule has 0 spiro atoms. The third-order valence-corrected chi connectivity index (χ3v) is 3.21. The molecule has 0 bridgehead atoms. The van der Waals surface area contributed by atoms with E-state index in [4.69, 9.17) is 5.11 Å². The molecule has 1 N–H and O–H groups in total. The van der Waals surface area contributed by atoms with Gasteiger partial charge in [0.2, 0.25) is 0 Å². The van der Waals surface area contributed by atoms with E-state index >= 15 is 0 Å². The van der Waals surface area contributed by atoms with Crippen molar-refractivity contribution in [1.82, 2.24) is 0 Å². The second-order valence-corrected chi connectivity index (χ2v) is 4.27. The summed E-state index contributed by atoms with van der Waals surface area (Å²) >= 11 is 0. The van der Waals surface area contributed by atoms with E-state index in [1.54, 1.807) is 6.07 Å². The first-order chi connectivity index (χ1) is 7.27. The van der Waals surface area contributed by atoms with Gasteiger partial charge >= 0.3 is 5.97 Å². The third-order valence-electron chi connectivity index (χ3n) is 3.21. The van der Waals surface area contributed by atoms with Crippen molar-refractivity contribution in [1.29, 1.82) is 0 Å². The van der Waals surface area contributed by atoms with Crippen LogP contribution in [-0.4, -0.2) is 11.1 Å². The molecule has 0 radical (unpaired) electrons. The Morgan fingerprint density at radius 3 is 2.60 bits per heavy atom. The van der Waals surface area contributed by atoms with E-state index < -0.39 is 5.97 Å². The highest BCUT2D eigenvalue weighted by Crippen LogP contribution is 2.32. The smallest absolute Gasteiger partial charge is 0.335 e. The lowest BCUT2D eigenvalue weighted by Crippen LogP contribution is -2.06. The summed E-state index contributed by atoms with van der Waals surface area (Å²) in [4.78, 5) is 10.8. The van der Waals surface area contributed by atoms with Crippen LogP contribution >= 0.6 is 0 Å². The Morgan fingerprint density at radius 2 is 1.93 bits per heavy atom. The van der Waals surface area contributed by atoms with Crippen LogP contribution in [0.2, 0.25) is 0 Å². The fourth-order valence-electron chi connectivity index (χ4n) is 2.36. The van der Waals surface area contributed by atoms with E-state index in [2.05, 4.69) is 6.07 Å². The highest BCUT2D eigenvalue weighted by atomic mass is 16.4. The van der Waals surface area contributed by atoms with Crippen LogP contribution in [-0.2, 0) is 0 Å². The van der Waals surface area contributed by atoms with Crippen molar-refractivity contribution >= 4 is 5.97 Å². The second-order valence-electron chi connectivity index (χ2n) is 4.27. The lowest BCUT2D eigenvalue weighted by atomic mass is 9.84. The van der Waals surface area contributed by atoms with E-state index in [1.807, 2.05) is 12.1 Å². The number of hydrogen-bond acceptors (Lipinski definition) is 1. The lowest BCUT2D eigenvalue weighted by Gasteiger charge is -2.22. The number of hydrogen-bond donors (Lipinski definition) is 1. The van der Waals surface area contributed by atoms with Gasteiger partial charge in [-0.3, -0.25) is 0 Å². The molecule has 1 saturated carbocycles. The molecule has 2 rings (SSSR count). The summed E-state index contributed by atoms with van der Waals surface area (Å²) in [5, 5.41) is 8.91. The Kier molecular flexibility index (Phi) is 3.05. The summed E-state index contributed by atoms with van der Waals surface area (Å²) in [6.45, 7) is 0. The van der Waals surface area contributed by atoms with Gasteiger partial charge in [-0.05, 0) is 36.5 Å². The Morgan fingerprint density at radius 1 is 1.20 bits per heavy atom. The van der Waals surface area contributed by atoms with Gasteiger partial charge in [0.25, 0.3) is 0 Å². The highest BCUT2D eigenvalue weighted by molar-refractivity contribution is 5.87.